The molecule has 0 aliphatic rings. The Kier molecular flexibility index (Phi) is 5.04. The lowest BCUT2D eigenvalue weighted by molar-refractivity contribution is -0.115. The molecule has 1 heterocycles. The smallest absolute Gasteiger partial charge is 0.228 e. The van der Waals surface area contributed by atoms with E-state index in [4.69, 9.17) is 9.47 Å². The topological polar surface area (TPSA) is 52.5 Å². The highest BCUT2D eigenvalue weighted by atomic mass is 16.5. The van der Waals surface area contributed by atoms with Crippen molar-refractivity contribution < 1.29 is 14.3 Å². The molecule has 0 fully saturated rings. The Balaban J connectivity index is 1.70. The second-order valence-electron chi connectivity index (χ2n) is 5.55. The average Bonchev–Trinajstić information content (AvgIpc) is 3.16. The highest BCUT2D eigenvalue weighted by molar-refractivity contribution is 5.92. The molecule has 3 rings (SSSR count). The zero-order chi connectivity index (χ0) is 17.6. The summed E-state index contributed by atoms with van der Waals surface area (Å²) in [4.78, 5) is 12.3. The molecule has 128 valence electrons. The maximum atomic E-state index is 12.3. The first-order valence-electron chi connectivity index (χ1n) is 7.94. The third-order valence-corrected chi connectivity index (χ3v) is 3.85. The number of nitrogens with zero attached hydrogens (tertiary/aromatic N) is 1. The molecule has 1 aromatic heterocycles. The van der Waals surface area contributed by atoms with Crippen LogP contribution in [0.2, 0.25) is 0 Å². The quantitative estimate of drug-likeness (QED) is 0.747. The van der Waals surface area contributed by atoms with Gasteiger partial charge in [-0.1, -0.05) is 12.1 Å². The molecule has 1 amide bonds. The molecule has 5 heteroatoms. The molecule has 3 aromatic rings. The Morgan fingerprint density at radius 1 is 0.960 bits per heavy atom. The first kappa shape index (κ1) is 16.6. The van der Waals surface area contributed by atoms with Crippen molar-refractivity contribution in [2.24, 2.45) is 0 Å². The van der Waals surface area contributed by atoms with Gasteiger partial charge in [-0.05, 0) is 48.0 Å². The number of nitrogens with one attached hydrogen (secondary N) is 1. The van der Waals surface area contributed by atoms with E-state index >= 15 is 0 Å². The van der Waals surface area contributed by atoms with Gasteiger partial charge in [0.15, 0.2) is 11.5 Å². The molecule has 0 radical (unpaired) electrons. The van der Waals surface area contributed by atoms with Gasteiger partial charge in [-0.25, -0.2) is 0 Å². The zero-order valence-corrected chi connectivity index (χ0v) is 14.2. The van der Waals surface area contributed by atoms with Crippen LogP contribution in [0.25, 0.3) is 5.69 Å². The van der Waals surface area contributed by atoms with E-state index in [1.165, 1.54) is 0 Å². The molecule has 0 saturated carbocycles. The van der Waals surface area contributed by atoms with Gasteiger partial charge in [0.2, 0.25) is 5.91 Å². The molecule has 2 aromatic carbocycles. The third-order valence-electron chi connectivity index (χ3n) is 3.85. The molecule has 0 bridgehead atoms. The third kappa shape index (κ3) is 4.01. The summed E-state index contributed by atoms with van der Waals surface area (Å²) in [5.74, 6) is 1.17. The van der Waals surface area contributed by atoms with Crippen LogP contribution in [0, 0.1) is 0 Å². The van der Waals surface area contributed by atoms with Crippen LogP contribution in [0.15, 0.2) is 67.0 Å². The molecule has 0 aliphatic carbocycles. The predicted molar refractivity (Wildman–Crippen MR) is 97.6 cm³/mol. The molecule has 0 atom stereocenters. The minimum atomic E-state index is -0.0862. The molecular formula is C20H20N2O3. The fourth-order valence-corrected chi connectivity index (χ4v) is 2.63. The van der Waals surface area contributed by atoms with E-state index in [1.54, 1.807) is 20.3 Å². The minimum Gasteiger partial charge on any atom is -0.493 e. The van der Waals surface area contributed by atoms with Crippen LogP contribution in [0.1, 0.15) is 5.56 Å². The SMILES string of the molecule is COc1ccc(CC(=O)Nc2cccc(-n3cccc3)c2)cc1OC. The van der Waals surface area contributed by atoms with E-state index in [-0.39, 0.29) is 12.3 Å². The van der Waals surface area contributed by atoms with Crippen molar-refractivity contribution in [2.75, 3.05) is 19.5 Å². The van der Waals surface area contributed by atoms with Gasteiger partial charge in [0, 0.05) is 23.8 Å². The summed E-state index contributed by atoms with van der Waals surface area (Å²) in [7, 11) is 3.16. The molecule has 25 heavy (non-hydrogen) atoms. The number of anilines is 1. The van der Waals surface area contributed by atoms with Crippen LogP contribution >= 0.6 is 0 Å². The summed E-state index contributed by atoms with van der Waals surface area (Å²) in [6.45, 7) is 0. The van der Waals surface area contributed by atoms with E-state index in [2.05, 4.69) is 5.32 Å². The molecule has 5 nitrogen and oxygen atoms in total. The fourth-order valence-electron chi connectivity index (χ4n) is 2.63. The normalized spacial score (nSPS) is 10.3. The minimum absolute atomic E-state index is 0.0862. The number of carbonyl (C=O) groups is 1. The van der Waals surface area contributed by atoms with Crippen LogP contribution in [0.4, 0.5) is 5.69 Å². The summed E-state index contributed by atoms with van der Waals surface area (Å²) in [6.07, 6.45) is 4.18. The Labute approximate surface area is 146 Å². The summed E-state index contributed by atoms with van der Waals surface area (Å²) >= 11 is 0. The second-order valence-corrected chi connectivity index (χ2v) is 5.55. The van der Waals surface area contributed by atoms with E-state index in [9.17, 15) is 4.79 Å². The van der Waals surface area contributed by atoms with Crippen molar-refractivity contribution in [3.8, 4) is 17.2 Å². The number of amides is 1. The fraction of sp³-hybridized carbons (Fsp3) is 0.150. The largest absolute Gasteiger partial charge is 0.493 e. The maximum Gasteiger partial charge on any atom is 0.228 e. The Bertz CT molecular complexity index is 857. The highest BCUT2D eigenvalue weighted by Crippen LogP contribution is 2.27. The number of carbonyl (C=O) groups excluding carboxylic acids is 1. The lowest BCUT2D eigenvalue weighted by Gasteiger charge is -2.11. The first-order chi connectivity index (χ1) is 12.2. The highest BCUT2D eigenvalue weighted by Gasteiger charge is 2.09. The number of rotatable bonds is 6. The van der Waals surface area contributed by atoms with Crippen molar-refractivity contribution >= 4 is 11.6 Å². The first-order valence-corrected chi connectivity index (χ1v) is 7.94. The number of aromatic nitrogens is 1. The number of methoxy groups -OCH3 is 2. The zero-order valence-electron chi connectivity index (χ0n) is 14.2. The molecule has 0 unspecified atom stereocenters. The monoisotopic (exact) mass is 336 g/mol. The van der Waals surface area contributed by atoms with Gasteiger partial charge >= 0.3 is 0 Å². The molecule has 0 spiro atoms. The van der Waals surface area contributed by atoms with Crippen molar-refractivity contribution in [3.63, 3.8) is 0 Å². The van der Waals surface area contributed by atoms with Crippen LogP contribution < -0.4 is 14.8 Å². The van der Waals surface area contributed by atoms with Crippen LogP contribution in [0.3, 0.4) is 0 Å². The standard InChI is InChI=1S/C20H20N2O3/c1-24-18-9-8-15(12-19(18)25-2)13-20(23)21-16-6-5-7-17(14-16)22-10-3-4-11-22/h3-12,14H,13H2,1-2H3,(H,21,23). The van der Waals surface area contributed by atoms with Gasteiger partial charge in [-0.2, -0.15) is 0 Å². The van der Waals surface area contributed by atoms with Crippen molar-refractivity contribution in [1.29, 1.82) is 0 Å². The second kappa shape index (κ2) is 7.57. The summed E-state index contributed by atoms with van der Waals surface area (Å²) in [5.41, 5.74) is 2.61. The number of ether oxygens (including phenoxy) is 2. The summed E-state index contributed by atoms with van der Waals surface area (Å²) < 4.78 is 12.5. The molecular weight excluding hydrogens is 316 g/mol. The van der Waals surface area contributed by atoms with Crippen molar-refractivity contribution in [2.45, 2.75) is 6.42 Å². The molecule has 0 saturated heterocycles. The van der Waals surface area contributed by atoms with Gasteiger partial charge in [0.05, 0.1) is 20.6 Å². The predicted octanol–water partition coefficient (Wildman–Crippen LogP) is 3.68. The van der Waals surface area contributed by atoms with Crippen LogP contribution in [-0.4, -0.2) is 24.7 Å². The van der Waals surface area contributed by atoms with Gasteiger partial charge in [0.25, 0.3) is 0 Å². The maximum absolute atomic E-state index is 12.3. The van der Waals surface area contributed by atoms with Gasteiger partial charge in [-0.3, -0.25) is 4.79 Å². The average molecular weight is 336 g/mol. The molecule has 0 aliphatic heterocycles. The van der Waals surface area contributed by atoms with Gasteiger partial charge < -0.3 is 19.4 Å². The van der Waals surface area contributed by atoms with E-state index in [0.29, 0.717) is 11.5 Å². The Morgan fingerprint density at radius 2 is 1.72 bits per heavy atom. The summed E-state index contributed by atoms with van der Waals surface area (Å²) in [5, 5.41) is 2.93. The number of benzene rings is 2. The van der Waals surface area contributed by atoms with Crippen LogP contribution in [0.5, 0.6) is 11.5 Å². The van der Waals surface area contributed by atoms with E-state index < -0.39 is 0 Å². The lowest BCUT2D eigenvalue weighted by Crippen LogP contribution is -2.14. The molecule has 1 N–H and O–H groups in total. The summed E-state index contributed by atoms with van der Waals surface area (Å²) in [6, 6.07) is 17.1. The number of hydrogen-bond donors (Lipinski definition) is 1. The Hall–Kier alpha value is -3.21. The Morgan fingerprint density at radius 3 is 2.44 bits per heavy atom. The van der Waals surface area contributed by atoms with Crippen LogP contribution in [-0.2, 0) is 11.2 Å². The number of hydrogen-bond acceptors (Lipinski definition) is 3. The lowest BCUT2D eigenvalue weighted by atomic mass is 10.1. The van der Waals surface area contributed by atoms with Gasteiger partial charge in [0.1, 0.15) is 0 Å². The van der Waals surface area contributed by atoms with Gasteiger partial charge in [-0.15, -0.1) is 0 Å². The van der Waals surface area contributed by atoms with Crippen molar-refractivity contribution in [1.82, 2.24) is 4.57 Å². The van der Waals surface area contributed by atoms with Crippen molar-refractivity contribution in [3.05, 3.63) is 72.6 Å². The van der Waals surface area contributed by atoms with E-state index in [0.717, 1.165) is 16.9 Å². The van der Waals surface area contributed by atoms with E-state index in [1.807, 2.05) is 65.5 Å².